The predicted molar refractivity (Wildman–Crippen MR) is 88.8 cm³/mol. The number of H-pyrrole nitrogens is 1. The molecule has 8 nitrogen and oxygen atoms in total. The van der Waals surface area contributed by atoms with Crippen molar-refractivity contribution >= 4 is 5.91 Å². The number of rotatable bonds is 5. The summed E-state index contributed by atoms with van der Waals surface area (Å²) in [5.41, 5.74) is 1.84. The Kier molecular flexibility index (Phi) is 3.83. The zero-order chi connectivity index (χ0) is 17.1. The van der Waals surface area contributed by atoms with Gasteiger partial charge in [-0.25, -0.2) is 0 Å². The third kappa shape index (κ3) is 3.05. The highest BCUT2D eigenvalue weighted by Crippen LogP contribution is 2.17. The van der Waals surface area contributed by atoms with E-state index in [9.17, 15) is 4.79 Å². The minimum Gasteiger partial charge on any atom is -0.463 e. The molecule has 0 bridgehead atoms. The van der Waals surface area contributed by atoms with Crippen molar-refractivity contribution in [1.82, 2.24) is 30.3 Å². The van der Waals surface area contributed by atoms with Crippen LogP contribution in [0, 0.1) is 0 Å². The number of benzene rings is 1. The minimum atomic E-state index is -0.309. The maximum atomic E-state index is 12.3. The van der Waals surface area contributed by atoms with E-state index in [1.54, 1.807) is 30.8 Å². The maximum Gasteiger partial charge on any atom is 0.272 e. The first kappa shape index (κ1) is 14.9. The third-order valence-corrected chi connectivity index (χ3v) is 3.66. The normalized spacial score (nSPS) is 10.7. The summed E-state index contributed by atoms with van der Waals surface area (Å²) in [6, 6.07) is 14.9. The number of aromatic amines is 1. The Morgan fingerprint density at radius 1 is 1.20 bits per heavy atom. The lowest BCUT2D eigenvalue weighted by atomic mass is 10.3. The zero-order valence-corrected chi connectivity index (χ0v) is 13.1. The predicted octanol–water partition coefficient (Wildman–Crippen LogP) is 2.18. The second-order valence-corrected chi connectivity index (χ2v) is 5.28. The molecule has 0 radical (unpaired) electrons. The molecule has 4 aromatic rings. The second-order valence-electron chi connectivity index (χ2n) is 5.28. The first-order chi connectivity index (χ1) is 12.3. The molecule has 0 unspecified atom stereocenters. The van der Waals surface area contributed by atoms with E-state index >= 15 is 0 Å². The van der Waals surface area contributed by atoms with Crippen molar-refractivity contribution in [2.45, 2.75) is 6.54 Å². The maximum absolute atomic E-state index is 12.3. The molecular weight excluding hydrogens is 320 g/mol. The van der Waals surface area contributed by atoms with Gasteiger partial charge in [0.1, 0.15) is 12.0 Å². The van der Waals surface area contributed by atoms with Gasteiger partial charge in [0.15, 0.2) is 17.3 Å². The Morgan fingerprint density at radius 3 is 2.88 bits per heavy atom. The summed E-state index contributed by atoms with van der Waals surface area (Å²) < 4.78 is 7.09. The summed E-state index contributed by atoms with van der Waals surface area (Å²) in [5, 5.41) is 17.6. The van der Waals surface area contributed by atoms with E-state index < -0.39 is 0 Å². The molecule has 124 valence electrons. The standard InChI is InChI=1S/C17H14N6O2/c24-17(14-9-13(20-21-14)15-7-4-8-25-15)18-10-16-22-19-11-23(16)12-5-2-1-3-6-12/h1-9,11H,10H2,(H,18,24)(H,20,21). The van der Waals surface area contributed by atoms with E-state index in [-0.39, 0.29) is 18.1 Å². The lowest BCUT2D eigenvalue weighted by Crippen LogP contribution is -2.24. The van der Waals surface area contributed by atoms with E-state index in [1.165, 1.54) is 0 Å². The van der Waals surface area contributed by atoms with Crippen LogP contribution < -0.4 is 5.32 Å². The van der Waals surface area contributed by atoms with E-state index in [1.807, 2.05) is 34.9 Å². The van der Waals surface area contributed by atoms with Crippen LogP contribution in [0.1, 0.15) is 16.3 Å². The number of carbonyl (C=O) groups is 1. The molecular formula is C17H14N6O2. The van der Waals surface area contributed by atoms with Gasteiger partial charge in [0.25, 0.3) is 5.91 Å². The molecule has 0 aliphatic rings. The number of hydrogen-bond donors (Lipinski definition) is 2. The van der Waals surface area contributed by atoms with Gasteiger partial charge < -0.3 is 9.73 Å². The zero-order valence-electron chi connectivity index (χ0n) is 13.1. The molecule has 25 heavy (non-hydrogen) atoms. The van der Waals surface area contributed by atoms with E-state index in [0.29, 0.717) is 17.3 Å². The highest BCUT2D eigenvalue weighted by molar-refractivity contribution is 5.93. The molecule has 0 fully saturated rings. The largest absolute Gasteiger partial charge is 0.463 e. The Balaban J connectivity index is 1.46. The molecule has 0 atom stereocenters. The van der Waals surface area contributed by atoms with Crippen LogP contribution in [0.15, 0.2) is 65.5 Å². The van der Waals surface area contributed by atoms with Gasteiger partial charge in [-0.1, -0.05) is 18.2 Å². The fraction of sp³-hybridized carbons (Fsp3) is 0.0588. The smallest absolute Gasteiger partial charge is 0.272 e. The fourth-order valence-electron chi connectivity index (χ4n) is 2.43. The van der Waals surface area contributed by atoms with E-state index in [0.717, 1.165) is 5.69 Å². The van der Waals surface area contributed by atoms with Crippen molar-refractivity contribution in [3.8, 4) is 17.1 Å². The van der Waals surface area contributed by atoms with Crippen LogP contribution >= 0.6 is 0 Å². The van der Waals surface area contributed by atoms with Gasteiger partial charge in [-0.05, 0) is 24.3 Å². The third-order valence-electron chi connectivity index (χ3n) is 3.66. The molecule has 1 amide bonds. The number of aromatic nitrogens is 5. The Hall–Kier alpha value is -3.68. The highest BCUT2D eigenvalue weighted by atomic mass is 16.3. The molecule has 0 spiro atoms. The first-order valence-corrected chi connectivity index (χ1v) is 7.63. The lowest BCUT2D eigenvalue weighted by Gasteiger charge is -2.06. The van der Waals surface area contributed by atoms with Crippen molar-refractivity contribution in [3.63, 3.8) is 0 Å². The molecule has 0 aliphatic carbocycles. The van der Waals surface area contributed by atoms with Gasteiger partial charge in [-0.15, -0.1) is 10.2 Å². The number of carbonyl (C=O) groups excluding carboxylic acids is 1. The van der Waals surface area contributed by atoms with Gasteiger partial charge in [0, 0.05) is 11.8 Å². The summed E-state index contributed by atoms with van der Waals surface area (Å²) in [4.78, 5) is 12.3. The van der Waals surface area contributed by atoms with Crippen LogP contribution in [0.3, 0.4) is 0 Å². The molecule has 2 N–H and O–H groups in total. The molecule has 0 saturated carbocycles. The van der Waals surface area contributed by atoms with Crippen LogP contribution in [-0.4, -0.2) is 30.9 Å². The molecule has 0 saturated heterocycles. The number of furan rings is 1. The van der Waals surface area contributed by atoms with Gasteiger partial charge in [-0.2, -0.15) is 5.10 Å². The van der Waals surface area contributed by atoms with Gasteiger partial charge >= 0.3 is 0 Å². The average molecular weight is 334 g/mol. The summed E-state index contributed by atoms with van der Waals surface area (Å²) in [6.07, 6.45) is 3.17. The second kappa shape index (κ2) is 6.44. The molecule has 8 heteroatoms. The summed E-state index contributed by atoms with van der Waals surface area (Å²) in [6.45, 7) is 0.233. The minimum absolute atomic E-state index is 0.233. The van der Waals surface area contributed by atoms with Crippen molar-refractivity contribution in [2.75, 3.05) is 0 Å². The quantitative estimate of drug-likeness (QED) is 0.582. The van der Waals surface area contributed by atoms with Crippen LogP contribution in [-0.2, 0) is 6.54 Å². The Morgan fingerprint density at radius 2 is 2.08 bits per heavy atom. The topological polar surface area (TPSA) is 102 Å². The van der Waals surface area contributed by atoms with Crippen LogP contribution in [0.5, 0.6) is 0 Å². The molecule has 4 rings (SSSR count). The van der Waals surface area contributed by atoms with Crippen LogP contribution in [0.4, 0.5) is 0 Å². The molecule has 1 aromatic carbocycles. The Labute approximate surface area is 142 Å². The number of hydrogen-bond acceptors (Lipinski definition) is 5. The van der Waals surface area contributed by atoms with E-state index in [2.05, 4.69) is 25.7 Å². The SMILES string of the molecule is O=C(NCc1nncn1-c1ccccc1)c1cc(-c2ccco2)[nH]n1. The average Bonchev–Trinajstić information content (AvgIpc) is 3.41. The fourth-order valence-corrected chi connectivity index (χ4v) is 2.43. The molecule has 3 heterocycles. The number of amides is 1. The Bertz CT molecular complexity index is 972. The van der Waals surface area contributed by atoms with Gasteiger partial charge in [0.2, 0.25) is 0 Å². The van der Waals surface area contributed by atoms with Gasteiger partial charge in [-0.3, -0.25) is 14.5 Å². The number of nitrogens with one attached hydrogen (secondary N) is 2. The number of para-hydroxylation sites is 1. The molecule has 0 aliphatic heterocycles. The number of nitrogens with zero attached hydrogens (tertiary/aromatic N) is 4. The van der Waals surface area contributed by atoms with Crippen LogP contribution in [0.25, 0.3) is 17.1 Å². The monoisotopic (exact) mass is 334 g/mol. The van der Waals surface area contributed by atoms with Crippen molar-refractivity contribution in [2.24, 2.45) is 0 Å². The van der Waals surface area contributed by atoms with Crippen molar-refractivity contribution in [3.05, 3.63) is 72.6 Å². The highest BCUT2D eigenvalue weighted by Gasteiger charge is 2.14. The molecule has 3 aromatic heterocycles. The van der Waals surface area contributed by atoms with Crippen LogP contribution in [0.2, 0.25) is 0 Å². The van der Waals surface area contributed by atoms with Crippen molar-refractivity contribution < 1.29 is 9.21 Å². The first-order valence-electron chi connectivity index (χ1n) is 7.63. The van der Waals surface area contributed by atoms with Gasteiger partial charge in [0.05, 0.1) is 12.8 Å². The summed E-state index contributed by atoms with van der Waals surface area (Å²) in [7, 11) is 0. The van der Waals surface area contributed by atoms with Crippen molar-refractivity contribution in [1.29, 1.82) is 0 Å². The van der Waals surface area contributed by atoms with E-state index in [4.69, 9.17) is 4.42 Å². The summed E-state index contributed by atoms with van der Waals surface area (Å²) >= 11 is 0. The summed E-state index contributed by atoms with van der Waals surface area (Å²) in [5.74, 6) is 0.938. The lowest BCUT2D eigenvalue weighted by molar-refractivity contribution is 0.0944.